The smallest absolute Gasteiger partial charge is 0.332 e. The second kappa shape index (κ2) is 7.52. The number of amides is 3. The van der Waals surface area contributed by atoms with Crippen molar-refractivity contribution in [1.82, 2.24) is 10.3 Å². The highest BCUT2D eigenvalue weighted by molar-refractivity contribution is 6.54. The number of nitrogens with two attached hydrogens (primary N) is 2. The maximum absolute atomic E-state index is 12.8. The first kappa shape index (κ1) is 18.7. The van der Waals surface area contributed by atoms with Crippen molar-refractivity contribution in [3.8, 4) is 0 Å². The number of nitrogens with zero attached hydrogens (tertiary/aromatic N) is 3. The maximum Gasteiger partial charge on any atom is 0.332 e. The number of hydrogen-bond acceptors (Lipinski definition) is 5. The average molecular weight is 346 g/mol. The summed E-state index contributed by atoms with van der Waals surface area (Å²) in [6.07, 6.45) is 0. The van der Waals surface area contributed by atoms with Gasteiger partial charge in [-0.15, -0.1) is 0 Å². The Bertz CT molecular complexity index is 690. The van der Waals surface area contributed by atoms with Gasteiger partial charge in [0.05, 0.1) is 5.69 Å². The highest BCUT2D eigenvalue weighted by atomic mass is 16.2. The van der Waals surface area contributed by atoms with E-state index in [1.54, 1.807) is 23.1 Å². The topological polar surface area (TPSA) is 117 Å². The SMILES string of the molecule is CC(C)N(CCN1C(=O)C(=NNC(N)=O)c2cc(N)ccc21)C(C)C. The Morgan fingerprint density at radius 3 is 2.48 bits per heavy atom. The fraction of sp³-hybridized carbons (Fsp3) is 0.471. The van der Waals surface area contributed by atoms with E-state index in [0.29, 0.717) is 29.9 Å². The number of urea groups is 1. The summed E-state index contributed by atoms with van der Waals surface area (Å²) in [5.74, 6) is -0.276. The van der Waals surface area contributed by atoms with E-state index in [2.05, 4.69) is 43.1 Å². The highest BCUT2D eigenvalue weighted by Crippen LogP contribution is 2.31. The zero-order valence-corrected chi connectivity index (χ0v) is 15.1. The Balaban J connectivity index is 2.29. The normalized spacial score (nSPS) is 15.6. The molecule has 25 heavy (non-hydrogen) atoms. The van der Waals surface area contributed by atoms with E-state index >= 15 is 0 Å². The molecule has 0 spiro atoms. The summed E-state index contributed by atoms with van der Waals surface area (Å²) in [5, 5.41) is 3.87. The van der Waals surface area contributed by atoms with Crippen molar-refractivity contribution in [3.05, 3.63) is 23.8 Å². The molecule has 0 bridgehead atoms. The largest absolute Gasteiger partial charge is 0.399 e. The first-order valence-corrected chi connectivity index (χ1v) is 8.33. The highest BCUT2D eigenvalue weighted by Gasteiger charge is 2.34. The van der Waals surface area contributed by atoms with Crippen molar-refractivity contribution >= 4 is 29.0 Å². The van der Waals surface area contributed by atoms with Crippen LogP contribution in [0.1, 0.15) is 33.3 Å². The fourth-order valence-electron chi connectivity index (χ4n) is 3.10. The first-order valence-electron chi connectivity index (χ1n) is 8.33. The minimum atomic E-state index is -0.824. The van der Waals surface area contributed by atoms with Crippen LogP contribution in [0.2, 0.25) is 0 Å². The molecular weight excluding hydrogens is 320 g/mol. The third-order valence-corrected chi connectivity index (χ3v) is 4.20. The molecule has 8 nitrogen and oxygen atoms in total. The van der Waals surface area contributed by atoms with Gasteiger partial charge in [-0.25, -0.2) is 10.2 Å². The Morgan fingerprint density at radius 1 is 1.28 bits per heavy atom. The molecular formula is C17H26N6O2. The molecule has 0 saturated carbocycles. The Kier molecular flexibility index (Phi) is 5.63. The van der Waals surface area contributed by atoms with Crippen LogP contribution in [0.4, 0.5) is 16.2 Å². The van der Waals surface area contributed by atoms with E-state index < -0.39 is 6.03 Å². The summed E-state index contributed by atoms with van der Waals surface area (Å²) in [6.45, 7) is 9.76. The van der Waals surface area contributed by atoms with Gasteiger partial charge in [-0.3, -0.25) is 9.69 Å². The van der Waals surface area contributed by atoms with Crippen molar-refractivity contribution in [2.24, 2.45) is 10.8 Å². The predicted octanol–water partition coefficient (Wildman–Crippen LogP) is 1.11. The quantitative estimate of drug-likeness (QED) is 0.528. The number of anilines is 2. The maximum atomic E-state index is 12.8. The first-order chi connectivity index (χ1) is 11.7. The second-order valence-electron chi connectivity index (χ2n) is 6.60. The Morgan fingerprint density at radius 2 is 1.92 bits per heavy atom. The summed E-state index contributed by atoms with van der Waals surface area (Å²) in [6, 6.07) is 5.13. The molecule has 0 aliphatic carbocycles. The van der Waals surface area contributed by atoms with Gasteiger partial charge in [-0.05, 0) is 45.9 Å². The van der Waals surface area contributed by atoms with Gasteiger partial charge in [-0.1, -0.05) is 0 Å². The van der Waals surface area contributed by atoms with Gasteiger partial charge >= 0.3 is 6.03 Å². The van der Waals surface area contributed by atoms with Gasteiger partial charge in [-0.2, -0.15) is 5.10 Å². The zero-order chi connectivity index (χ0) is 18.7. The van der Waals surface area contributed by atoms with Crippen LogP contribution in [0.25, 0.3) is 0 Å². The standard InChI is InChI=1S/C17H26N6O2/c1-10(2)22(11(3)4)7-8-23-14-6-5-12(18)9-13(14)15(16(23)24)20-21-17(19)25/h5-6,9-11H,7-8,18H2,1-4H3,(H3,19,21,25). The lowest BCUT2D eigenvalue weighted by atomic mass is 10.1. The molecule has 0 aromatic heterocycles. The number of primary amides is 1. The van der Waals surface area contributed by atoms with Gasteiger partial charge in [0.1, 0.15) is 0 Å². The third kappa shape index (κ3) is 4.08. The van der Waals surface area contributed by atoms with E-state index in [1.165, 1.54) is 0 Å². The number of carbonyl (C=O) groups is 2. The summed E-state index contributed by atoms with van der Waals surface area (Å²) < 4.78 is 0. The second-order valence-corrected chi connectivity index (χ2v) is 6.60. The molecule has 1 aromatic rings. The van der Waals surface area contributed by atoms with Crippen LogP contribution in [0, 0.1) is 0 Å². The van der Waals surface area contributed by atoms with E-state index in [1.807, 2.05) is 0 Å². The molecule has 0 fully saturated rings. The van der Waals surface area contributed by atoms with Crippen molar-refractivity contribution in [1.29, 1.82) is 0 Å². The van der Waals surface area contributed by atoms with Gasteiger partial charge < -0.3 is 16.4 Å². The molecule has 0 saturated heterocycles. The molecule has 1 aromatic carbocycles. The summed E-state index contributed by atoms with van der Waals surface area (Å²) in [5.41, 5.74) is 15.0. The molecule has 0 unspecified atom stereocenters. The zero-order valence-electron chi connectivity index (χ0n) is 15.1. The van der Waals surface area contributed by atoms with Crippen LogP contribution < -0.4 is 21.8 Å². The minimum Gasteiger partial charge on any atom is -0.399 e. The molecule has 1 aliphatic heterocycles. The predicted molar refractivity (Wildman–Crippen MR) is 99.4 cm³/mol. The van der Waals surface area contributed by atoms with Crippen LogP contribution >= 0.6 is 0 Å². The number of benzene rings is 1. The molecule has 3 amide bonds. The summed E-state index contributed by atoms with van der Waals surface area (Å²) in [4.78, 5) is 27.7. The third-order valence-electron chi connectivity index (χ3n) is 4.20. The lowest BCUT2D eigenvalue weighted by Crippen LogP contribution is -2.44. The van der Waals surface area contributed by atoms with Gasteiger partial charge in [0.15, 0.2) is 5.71 Å². The lowest BCUT2D eigenvalue weighted by Gasteiger charge is -2.32. The van der Waals surface area contributed by atoms with E-state index in [-0.39, 0.29) is 11.6 Å². The molecule has 136 valence electrons. The van der Waals surface area contributed by atoms with Crippen molar-refractivity contribution < 1.29 is 9.59 Å². The van der Waals surface area contributed by atoms with Gasteiger partial charge in [0, 0.05) is 36.4 Å². The van der Waals surface area contributed by atoms with Crippen molar-refractivity contribution in [2.75, 3.05) is 23.7 Å². The summed E-state index contributed by atoms with van der Waals surface area (Å²) in [7, 11) is 0. The van der Waals surface area contributed by atoms with E-state index in [9.17, 15) is 9.59 Å². The number of nitrogens with one attached hydrogen (secondary N) is 1. The number of hydrogen-bond donors (Lipinski definition) is 3. The van der Waals surface area contributed by atoms with Crippen LogP contribution in [0.3, 0.4) is 0 Å². The van der Waals surface area contributed by atoms with Crippen LogP contribution in [-0.2, 0) is 4.79 Å². The minimum absolute atomic E-state index is 0.141. The monoisotopic (exact) mass is 346 g/mol. The average Bonchev–Trinajstić information content (AvgIpc) is 2.76. The van der Waals surface area contributed by atoms with Crippen molar-refractivity contribution in [2.45, 2.75) is 39.8 Å². The molecule has 5 N–H and O–H groups in total. The van der Waals surface area contributed by atoms with Crippen LogP contribution in [0.15, 0.2) is 23.3 Å². The fourth-order valence-corrected chi connectivity index (χ4v) is 3.10. The molecule has 0 atom stereocenters. The van der Waals surface area contributed by atoms with Gasteiger partial charge in [0.2, 0.25) is 0 Å². The number of nitrogen functional groups attached to an aromatic ring is 1. The Hall–Kier alpha value is -2.61. The molecule has 2 rings (SSSR count). The number of carbonyl (C=O) groups excluding carboxylic acids is 2. The lowest BCUT2D eigenvalue weighted by molar-refractivity contribution is -0.112. The Labute approximate surface area is 147 Å². The molecule has 1 heterocycles. The number of hydrazone groups is 1. The van der Waals surface area contributed by atoms with Crippen molar-refractivity contribution in [3.63, 3.8) is 0 Å². The number of rotatable bonds is 6. The van der Waals surface area contributed by atoms with E-state index in [4.69, 9.17) is 11.5 Å². The molecule has 1 aliphatic rings. The van der Waals surface area contributed by atoms with Gasteiger partial charge in [0.25, 0.3) is 5.91 Å². The van der Waals surface area contributed by atoms with Crippen LogP contribution in [0.5, 0.6) is 0 Å². The number of fused-ring (bicyclic) bond motifs is 1. The summed E-state index contributed by atoms with van der Waals surface area (Å²) >= 11 is 0. The molecule has 0 radical (unpaired) electrons. The van der Waals surface area contributed by atoms with E-state index in [0.717, 1.165) is 12.2 Å². The van der Waals surface area contributed by atoms with Crippen LogP contribution in [-0.4, -0.2) is 47.7 Å². The molecule has 8 heteroatoms.